The van der Waals surface area contributed by atoms with Crippen molar-refractivity contribution in [2.75, 3.05) is 0 Å². The van der Waals surface area contributed by atoms with Gasteiger partial charge in [-0.15, -0.1) is 11.8 Å². The molecule has 0 aromatic heterocycles. The first-order chi connectivity index (χ1) is 8.65. The van der Waals surface area contributed by atoms with E-state index in [1.165, 1.54) is 11.1 Å². The smallest absolute Gasteiger partial charge is 0.335 e. The summed E-state index contributed by atoms with van der Waals surface area (Å²) < 4.78 is 0. The lowest BCUT2D eigenvalue weighted by molar-refractivity contribution is 0.0697. The van der Waals surface area contributed by atoms with Gasteiger partial charge in [-0.25, -0.2) is 4.79 Å². The van der Waals surface area contributed by atoms with Gasteiger partial charge in [0.2, 0.25) is 0 Å². The summed E-state index contributed by atoms with van der Waals surface area (Å²) >= 11 is 1.71. The van der Waals surface area contributed by atoms with Gasteiger partial charge in [0, 0.05) is 10.6 Å². The number of hydrogen-bond donors (Lipinski definition) is 1. The van der Waals surface area contributed by atoms with Gasteiger partial charge in [-0.1, -0.05) is 29.8 Å². The molecule has 2 nitrogen and oxygen atoms in total. The highest BCUT2D eigenvalue weighted by atomic mass is 32.2. The molecule has 0 fully saturated rings. The zero-order valence-corrected chi connectivity index (χ0v) is 10.9. The number of carboxylic acid groups (broad SMARTS) is 1. The predicted molar refractivity (Wildman–Crippen MR) is 74.1 cm³/mol. The maximum absolute atomic E-state index is 10.7. The molecule has 18 heavy (non-hydrogen) atoms. The number of aromatic carboxylic acids is 1. The number of thioether (sulfide) groups is 1. The van der Waals surface area contributed by atoms with Crippen LogP contribution in [0.5, 0.6) is 0 Å². The summed E-state index contributed by atoms with van der Waals surface area (Å²) in [4.78, 5) is 11.8. The van der Waals surface area contributed by atoms with Gasteiger partial charge in [0.15, 0.2) is 0 Å². The Balaban J connectivity index is 2.00. The molecule has 0 atom stereocenters. The molecule has 0 amide bonds. The van der Waals surface area contributed by atoms with E-state index < -0.39 is 5.97 Å². The Hall–Kier alpha value is -1.74. The van der Waals surface area contributed by atoms with E-state index in [1.54, 1.807) is 23.9 Å². The van der Waals surface area contributed by atoms with Gasteiger partial charge in [0.1, 0.15) is 0 Å². The average Bonchev–Trinajstić information content (AvgIpc) is 2.37. The molecule has 0 aliphatic heterocycles. The van der Waals surface area contributed by atoms with Crippen LogP contribution >= 0.6 is 11.8 Å². The highest BCUT2D eigenvalue weighted by molar-refractivity contribution is 7.98. The topological polar surface area (TPSA) is 37.3 Å². The van der Waals surface area contributed by atoms with E-state index in [-0.39, 0.29) is 0 Å². The molecule has 0 radical (unpaired) electrons. The van der Waals surface area contributed by atoms with Crippen molar-refractivity contribution in [3.8, 4) is 0 Å². The first-order valence-electron chi connectivity index (χ1n) is 5.67. The van der Waals surface area contributed by atoms with Crippen LogP contribution in [0.1, 0.15) is 21.5 Å². The van der Waals surface area contributed by atoms with Crippen LogP contribution in [-0.4, -0.2) is 11.1 Å². The minimum Gasteiger partial charge on any atom is -0.478 e. The van der Waals surface area contributed by atoms with Crippen LogP contribution in [0.3, 0.4) is 0 Å². The predicted octanol–water partition coefficient (Wildman–Crippen LogP) is 3.99. The minimum absolute atomic E-state index is 0.329. The van der Waals surface area contributed by atoms with Crippen LogP contribution < -0.4 is 0 Å². The SMILES string of the molecule is Cc1cccc(CSc2ccc(C(=O)O)cc2)c1. The first kappa shape index (κ1) is 12.7. The monoisotopic (exact) mass is 258 g/mol. The zero-order chi connectivity index (χ0) is 13.0. The molecule has 0 unspecified atom stereocenters. The van der Waals surface area contributed by atoms with Crippen molar-refractivity contribution < 1.29 is 9.90 Å². The van der Waals surface area contributed by atoms with Crippen molar-refractivity contribution in [1.82, 2.24) is 0 Å². The number of hydrogen-bond acceptors (Lipinski definition) is 2. The van der Waals surface area contributed by atoms with Gasteiger partial charge < -0.3 is 5.11 Å². The van der Waals surface area contributed by atoms with Gasteiger partial charge in [0.25, 0.3) is 0 Å². The second-order valence-corrected chi connectivity index (χ2v) is 5.16. The summed E-state index contributed by atoms with van der Waals surface area (Å²) in [7, 11) is 0. The molecular formula is C15H14O2S. The van der Waals surface area contributed by atoms with Crippen LogP contribution in [0.25, 0.3) is 0 Å². The molecule has 0 spiro atoms. The summed E-state index contributed by atoms with van der Waals surface area (Å²) in [5.74, 6) is 0.0129. The van der Waals surface area contributed by atoms with Gasteiger partial charge in [-0.05, 0) is 36.8 Å². The average molecular weight is 258 g/mol. The lowest BCUT2D eigenvalue weighted by Crippen LogP contribution is -1.94. The maximum Gasteiger partial charge on any atom is 0.335 e. The summed E-state index contributed by atoms with van der Waals surface area (Å²) in [5, 5.41) is 8.81. The van der Waals surface area contributed by atoms with E-state index >= 15 is 0 Å². The third kappa shape index (κ3) is 3.37. The van der Waals surface area contributed by atoms with Crippen molar-refractivity contribution in [3.63, 3.8) is 0 Å². The van der Waals surface area contributed by atoms with E-state index in [0.29, 0.717) is 5.56 Å². The Bertz CT molecular complexity index is 547. The Kier molecular flexibility index (Phi) is 4.05. The van der Waals surface area contributed by atoms with Crippen molar-refractivity contribution >= 4 is 17.7 Å². The van der Waals surface area contributed by atoms with E-state index in [2.05, 4.69) is 31.2 Å². The fourth-order valence-corrected chi connectivity index (χ4v) is 2.50. The summed E-state index contributed by atoms with van der Waals surface area (Å²) in [6.45, 7) is 2.08. The summed E-state index contributed by atoms with van der Waals surface area (Å²) in [5.41, 5.74) is 2.87. The second-order valence-electron chi connectivity index (χ2n) is 4.11. The third-order valence-corrected chi connectivity index (χ3v) is 3.67. The minimum atomic E-state index is -0.884. The Labute approximate surface area is 111 Å². The van der Waals surface area contributed by atoms with Gasteiger partial charge in [-0.3, -0.25) is 0 Å². The summed E-state index contributed by atoms with van der Waals surface area (Å²) in [6, 6.07) is 15.4. The highest BCUT2D eigenvalue weighted by Crippen LogP contribution is 2.23. The van der Waals surface area contributed by atoms with E-state index in [0.717, 1.165) is 10.6 Å². The highest BCUT2D eigenvalue weighted by Gasteiger charge is 2.02. The maximum atomic E-state index is 10.7. The van der Waals surface area contributed by atoms with Crippen LogP contribution in [-0.2, 0) is 5.75 Å². The van der Waals surface area contributed by atoms with Crippen molar-refractivity contribution in [1.29, 1.82) is 0 Å². The molecule has 0 aliphatic rings. The molecule has 0 saturated carbocycles. The number of carbonyl (C=O) groups is 1. The molecule has 92 valence electrons. The summed E-state index contributed by atoms with van der Waals surface area (Å²) in [6.07, 6.45) is 0. The number of rotatable bonds is 4. The number of carboxylic acids is 1. The van der Waals surface area contributed by atoms with Crippen LogP contribution in [0.4, 0.5) is 0 Å². The molecule has 2 rings (SSSR count). The van der Waals surface area contributed by atoms with Crippen LogP contribution in [0.2, 0.25) is 0 Å². The fourth-order valence-electron chi connectivity index (χ4n) is 1.66. The zero-order valence-electron chi connectivity index (χ0n) is 10.1. The molecule has 0 bridgehead atoms. The van der Waals surface area contributed by atoms with Gasteiger partial charge in [-0.2, -0.15) is 0 Å². The quantitative estimate of drug-likeness (QED) is 0.843. The molecule has 0 aliphatic carbocycles. The number of benzene rings is 2. The van der Waals surface area contributed by atoms with E-state index in [1.807, 2.05) is 12.1 Å². The molecule has 0 saturated heterocycles. The fraction of sp³-hybridized carbons (Fsp3) is 0.133. The first-order valence-corrected chi connectivity index (χ1v) is 6.65. The van der Waals surface area contributed by atoms with Gasteiger partial charge >= 0.3 is 5.97 Å². The molecule has 1 N–H and O–H groups in total. The Morgan fingerprint density at radius 2 is 1.89 bits per heavy atom. The van der Waals surface area contributed by atoms with E-state index in [9.17, 15) is 4.79 Å². The lowest BCUT2D eigenvalue weighted by Gasteiger charge is -2.03. The largest absolute Gasteiger partial charge is 0.478 e. The van der Waals surface area contributed by atoms with Crippen LogP contribution in [0.15, 0.2) is 53.4 Å². The molecular weight excluding hydrogens is 244 g/mol. The Morgan fingerprint density at radius 1 is 1.17 bits per heavy atom. The van der Waals surface area contributed by atoms with Gasteiger partial charge in [0.05, 0.1) is 5.56 Å². The molecule has 0 heterocycles. The lowest BCUT2D eigenvalue weighted by atomic mass is 10.2. The molecule has 2 aromatic rings. The normalized spacial score (nSPS) is 10.3. The number of aryl methyl sites for hydroxylation is 1. The third-order valence-electron chi connectivity index (χ3n) is 2.59. The standard InChI is InChI=1S/C15H14O2S/c1-11-3-2-4-12(9-11)10-18-14-7-5-13(6-8-14)15(16)17/h2-9H,10H2,1H3,(H,16,17). The van der Waals surface area contributed by atoms with Crippen molar-refractivity contribution in [2.24, 2.45) is 0 Å². The van der Waals surface area contributed by atoms with E-state index in [4.69, 9.17) is 5.11 Å². The second kappa shape index (κ2) is 5.74. The van der Waals surface area contributed by atoms with Crippen molar-refractivity contribution in [2.45, 2.75) is 17.6 Å². The Morgan fingerprint density at radius 3 is 2.50 bits per heavy atom. The van der Waals surface area contributed by atoms with Crippen LogP contribution in [0, 0.1) is 6.92 Å². The van der Waals surface area contributed by atoms with Crippen molar-refractivity contribution in [3.05, 3.63) is 65.2 Å². The molecule has 3 heteroatoms. The molecule has 2 aromatic carbocycles.